The van der Waals surface area contributed by atoms with Crippen LogP contribution in [0.15, 0.2) is 0 Å². The van der Waals surface area contributed by atoms with Crippen LogP contribution in [0.3, 0.4) is 0 Å². The second-order valence-corrected chi connectivity index (χ2v) is 3.97. The van der Waals surface area contributed by atoms with Crippen molar-refractivity contribution in [2.45, 2.75) is 32.2 Å². The maximum atomic E-state index is 11.7. The number of carboxylic acid groups (broad SMARTS) is 1. The highest BCUT2D eigenvalue weighted by Gasteiger charge is 2.20. The van der Waals surface area contributed by atoms with E-state index in [2.05, 4.69) is 10.6 Å². The van der Waals surface area contributed by atoms with Gasteiger partial charge in [-0.2, -0.15) is 0 Å². The van der Waals surface area contributed by atoms with Crippen LogP contribution in [0.5, 0.6) is 0 Å². The van der Waals surface area contributed by atoms with Crippen molar-refractivity contribution >= 4 is 17.9 Å². The van der Waals surface area contributed by atoms with Gasteiger partial charge < -0.3 is 20.6 Å². The minimum atomic E-state index is -1.05. The number of rotatable bonds is 7. The van der Waals surface area contributed by atoms with Crippen LogP contribution < -0.4 is 10.6 Å². The lowest BCUT2D eigenvalue weighted by Gasteiger charge is -2.20. The van der Waals surface area contributed by atoms with Crippen molar-refractivity contribution in [3.05, 3.63) is 0 Å². The third-order valence-electron chi connectivity index (χ3n) is 2.47. The van der Waals surface area contributed by atoms with Gasteiger partial charge in [0.1, 0.15) is 6.04 Å². The van der Waals surface area contributed by atoms with Gasteiger partial charge in [0.05, 0.1) is 0 Å². The molecule has 0 aliphatic heterocycles. The van der Waals surface area contributed by atoms with Crippen LogP contribution in [0, 0.1) is 0 Å². The number of nitrogens with zero attached hydrogens (tertiary/aromatic N) is 1. The van der Waals surface area contributed by atoms with Crippen molar-refractivity contribution < 1.29 is 19.5 Å². The molecule has 3 amide bonds. The summed E-state index contributed by atoms with van der Waals surface area (Å²) in [6.45, 7) is 2.08. The van der Waals surface area contributed by atoms with Crippen LogP contribution >= 0.6 is 0 Å². The van der Waals surface area contributed by atoms with Gasteiger partial charge in [-0.1, -0.05) is 13.3 Å². The van der Waals surface area contributed by atoms with Gasteiger partial charge in [0.15, 0.2) is 0 Å². The normalized spacial score (nSPS) is 11.5. The second kappa shape index (κ2) is 8.32. The first-order chi connectivity index (χ1) is 8.42. The predicted molar refractivity (Wildman–Crippen MR) is 66.2 cm³/mol. The van der Waals surface area contributed by atoms with Gasteiger partial charge >= 0.3 is 12.0 Å². The van der Waals surface area contributed by atoms with Gasteiger partial charge in [0, 0.05) is 27.1 Å². The highest BCUT2D eigenvalue weighted by molar-refractivity contribution is 5.83. The molecule has 0 aromatic rings. The summed E-state index contributed by atoms with van der Waals surface area (Å²) in [7, 11) is 3.03. The van der Waals surface area contributed by atoms with Crippen LogP contribution in [0.4, 0.5) is 4.79 Å². The molecule has 1 atom stereocenters. The van der Waals surface area contributed by atoms with Crippen molar-refractivity contribution in [1.82, 2.24) is 15.5 Å². The SMILES string of the molecule is CCCC(NC(=O)N(C)CCC(=O)NC)C(=O)O. The van der Waals surface area contributed by atoms with E-state index >= 15 is 0 Å². The van der Waals surface area contributed by atoms with Crippen LogP contribution in [0.25, 0.3) is 0 Å². The largest absolute Gasteiger partial charge is 0.480 e. The molecule has 0 aromatic carbocycles. The molecule has 3 N–H and O–H groups in total. The molecule has 1 unspecified atom stereocenters. The summed E-state index contributed by atoms with van der Waals surface area (Å²) in [6.07, 6.45) is 1.23. The molecule has 0 spiro atoms. The Morgan fingerprint density at radius 3 is 2.39 bits per heavy atom. The summed E-state index contributed by atoms with van der Waals surface area (Å²) >= 11 is 0. The van der Waals surface area contributed by atoms with Crippen LogP contribution in [-0.4, -0.2) is 54.6 Å². The monoisotopic (exact) mass is 259 g/mol. The molecule has 0 heterocycles. The molecule has 0 saturated carbocycles. The Balaban J connectivity index is 4.20. The summed E-state index contributed by atoms with van der Waals surface area (Å²) in [5.74, 6) is -1.22. The van der Waals surface area contributed by atoms with Crippen molar-refractivity contribution in [3.8, 4) is 0 Å². The van der Waals surface area contributed by atoms with E-state index in [1.165, 1.54) is 19.0 Å². The van der Waals surface area contributed by atoms with E-state index in [0.717, 1.165) is 0 Å². The van der Waals surface area contributed by atoms with Gasteiger partial charge in [0.2, 0.25) is 5.91 Å². The Labute approximate surface area is 107 Å². The molecule has 104 valence electrons. The van der Waals surface area contributed by atoms with Crippen molar-refractivity contribution in [1.29, 1.82) is 0 Å². The topological polar surface area (TPSA) is 98.7 Å². The highest BCUT2D eigenvalue weighted by atomic mass is 16.4. The predicted octanol–water partition coefficient (Wildman–Crippen LogP) is 0.0172. The van der Waals surface area contributed by atoms with E-state index in [9.17, 15) is 14.4 Å². The fourth-order valence-electron chi connectivity index (χ4n) is 1.30. The number of aliphatic carboxylic acids is 1. The minimum Gasteiger partial charge on any atom is -0.480 e. The van der Waals surface area contributed by atoms with Gasteiger partial charge in [0.25, 0.3) is 0 Å². The molecule has 0 aliphatic carbocycles. The Morgan fingerprint density at radius 2 is 1.94 bits per heavy atom. The summed E-state index contributed by atoms with van der Waals surface area (Å²) in [4.78, 5) is 34.8. The van der Waals surface area contributed by atoms with Crippen LogP contribution in [0.1, 0.15) is 26.2 Å². The van der Waals surface area contributed by atoms with E-state index < -0.39 is 18.0 Å². The first-order valence-corrected chi connectivity index (χ1v) is 5.87. The molecule has 0 rings (SSSR count). The first kappa shape index (κ1) is 16.2. The lowest BCUT2D eigenvalue weighted by molar-refractivity contribution is -0.139. The molecule has 0 radical (unpaired) electrons. The number of nitrogens with one attached hydrogen (secondary N) is 2. The molecule has 7 nitrogen and oxygen atoms in total. The third-order valence-corrected chi connectivity index (χ3v) is 2.47. The van der Waals surface area contributed by atoms with Crippen molar-refractivity contribution in [2.75, 3.05) is 20.6 Å². The van der Waals surface area contributed by atoms with E-state index in [0.29, 0.717) is 12.8 Å². The smallest absolute Gasteiger partial charge is 0.326 e. The standard InChI is InChI=1S/C11H21N3O4/c1-4-5-8(10(16)17)13-11(18)14(3)7-6-9(15)12-2/h8H,4-7H2,1-3H3,(H,12,15)(H,13,18)(H,16,17). The molecule has 7 heteroatoms. The number of amides is 3. The fourth-order valence-corrected chi connectivity index (χ4v) is 1.30. The summed E-state index contributed by atoms with van der Waals surface area (Å²) in [6, 6.07) is -1.37. The van der Waals surface area contributed by atoms with E-state index in [1.54, 1.807) is 0 Å². The molecule has 0 saturated heterocycles. The van der Waals surface area contributed by atoms with Crippen molar-refractivity contribution in [2.24, 2.45) is 0 Å². The Bertz CT molecular complexity index is 307. The van der Waals surface area contributed by atoms with E-state index in [4.69, 9.17) is 5.11 Å². The quantitative estimate of drug-likeness (QED) is 0.600. The lowest BCUT2D eigenvalue weighted by Crippen LogP contribution is -2.47. The maximum Gasteiger partial charge on any atom is 0.326 e. The molecule has 0 bridgehead atoms. The number of carbonyl (C=O) groups excluding carboxylic acids is 2. The minimum absolute atomic E-state index is 0.169. The molecular weight excluding hydrogens is 238 g/mol. The number of hydrogen-bond donors (Lipinski definition) is 3. The van der Waals surface area contributed by atoms with E-state index in [1.807, 2.05) is 6.92 Å². The zero-order valence-corrected chi connectivity index (χ0v) is 11.0. The van der Waals surface area contributed by atoms with Gasteiger partial charge in [-0.25, -0.2) is 9.59 Å². The number of carboxylic acids is 1. The summed E-state index contributed by atoms with van der Waals surface area (Å²) in [5.41, 5.74) is 0. The molecule has 0 aromatic heterocycles. The van der Waals surface area contributed by atoms with Crippen LogP contribution in [-0.2, 0) is 9.59 Å². The Kier molecular flexibility index (Phi) is 7.50. The van der Waals surface area contributed by atoms with E-state index in [-0.39, 0.29) is 18.9 Å². The zero-order chi connectivity index (χ0) is 14.1. The zero-order valence-electron chi connectivity index (χ0n) is 11.0. The molecule has 0 aliphatic rings. The second-order valence-electron chi connectivity index (χ2n) is 3.97. The molecule has 0 fully saturated rings. The van der Waals surface area contributed by atoms with Gasteiger partial charge in [-0.05, 0) is 6.42 Å². The van der Waals surface area contributed by atoms with Crippen molar-refractivity contribution in [3.63, 3.8) is 0 Å². The average molecular weight is 259 g/mol. The summed E-state index contributed by atoms with van der Waals surface area (Å²) in [5, 5.41) is 13.8. The number of urea groups is 1. The highest BCUT2D eigenvalue weighted by Crippen LogP contribution is 1.98. The number of hydrogen-bond acceptors (Lipinski definition) is 3. The summed E-state index contributed by atoms with van der Waals surface area (Å²) < 4.78 is 0. The number of carbonyl (C=O) groups is 3. The first-order valence-electron chi connectivity index (χ1n) is 5.87. The fraction of sp³-hybridized carbons (Fsp3) is 0.727. The van der Waals surface area contributed by atoms with Crippen LogP contribution in [0.2, 0.25) is 0 Å². The molecule has 18 heavy (non-hydrogen) atoms. The van der Waals surface area contributed by atoms with Gasteiger partial charge in [-0.15, -0.1) is 0 Å². The third kappa shape index (κ3) is 6.07. The maximum absolute atomic E-state index is 11.7. The Morgan fingerprint density at radius 1 is 1.33 bits per heavy atom. The lowest BCUT2D eigenvalue weighted by atomic mass is 10.2. The molecular formula is C11H21N3O4. The Hall–Kier alpha value is -1.79. The van der Waals surface area contributed by atoms with Gasteiger partial charge in [-0.3, -0.25) is 4.79 Å². The average Bonchev–Trinajstić information content (AvgIpc) is 2.34.